The Bertz CT molecular complexity index is 992. The molecule has 1 heterocycles. The summed E-state index contributed by atoms with van der Waals surface area (Å²) in [7, 11) is 0. The van der Waals surface area contributed by atoms with Crippen molar-refractivity contribution in [3.05, 3.63) is 48.0 Å². The highest BCUT2D eigenvalue weighted by Gasteiger charge is 2.30. The van der Waals surface area contributed by atoms with Crippen LogP contribution in [0.5, 0.6) is 5.75 Å². The lowest BCUT2D eigenvalue weighted by molar-refractivity contribution is -0.142. The molecule has 2 aromatic rings. The number of imidazole rings is 1. The maximum Gasteiger partial charge on any atom is 0.326 e. The number of aromatic amines is 1. The van der Waals surface area contributed by atoms with Gasteiger partial charge in [-0.05, 0) is 30.0 Å². The standard InChI is InChI=1S/C23H32N6O6/c1-13(2)7-17(21(32)29-19(23(34)35)8-14-3-5-16(30)6-4-14)28-22(33)18(27-20(31)10-24)9-15-11-25-12-26-15/h3-6,11-13,17-19,30H,7-10,24H2,1-2H3,(H,25,26)(H,27,31)(H,28,33)(H,29,32)(H,34,35). The van der Waals surface area contributed by atoms with Gasteiger partial charge in [-0.15, -0.1) is 0 Å². The zero-order chi connectivity index (χ0) is 26.0. The molecule has 0 bridgehead atoms. The summed E-state index contributed by atoms with van der Waals surface area (Å²) >= 11 is 0. The molecular formula is C23H32N6O6. The second-order valence-electron chi connectivity index (χ2n) is 8.57. The number of hydrogen-bond donors (Lipinski definition) is 7. The van der Waals surface area contributed by atoms with Crippen molar-refractivity contribution in [2.75, 3.05) is 6.54 Å². The number of aliphatic carboxylic acids is 1. The van der Waals surface area contributed by atoms with E-state index in [0.717, 1.165) is 0 Å². The maximum absolute atomic E-state index is 13.0. The Hall–Kier alpha value is -3.93. The predicted molar refractivity (Wildman–Crippen MR) is 126 cm³/mol. The van der Waals surface area contributed by atoms with Crippen LogP contribution in [0.25, 0.3) is 0 Å². The molecule has 2 rings (SSSR count). The number of phenolic OH excluding ortho intramolecular Hbond substituents is 1. The summed E-state index contributed by atoms with van der Waals surface area (Å²) in [6.45, 7) is 3.39. The van der Waals surface area contributed by atoms with Crippen LogP contribution in [0.3, 0.4) is 0 Å². The first-order valence-corrected chi connectivity index (χ1v) is 11.2. The van der Waals surface area contributed by atoms with Crippen molar-refractivity contribution in [1.29, 1.82) is 0 Å². The predicted octanol–water partition coefficient (Wildman–Crippen LogP) is -0.556. The van der Waals surface area contributed by atoms with Gasteiger partial charge in [-0.25, -0.2) is 9.78 Å². The number of aromatic hydroxyl groups is 1. The molecule has 1 aromatic carbocycles. The van der Waals surface area contributed by atoms with Gasteiger partial charge in [0.05, 0.1) is 12.9 Å². The van der Waals surface area contributed by atoms with Crippen LogP contribution >= 0.6 is 0 Å². The number of benzene rings is 1. The number of nitrogens with zero attached hydrogens (tertiary/aromatic N) is 1. The van der Waals surface area contributed by atoms with Gasteiger partial charge in [0, 0.05) is 24.7 Å². The van der Waals surface area contributed by atoms with Gasteiger partial charge in [0.15, 0.2) is 0 Å². The fraction of sp³-hybridized carbons (Fsp3) is 0.435. The normalized spacial score (nSPS) is 13.5. The number of rotatable bonds is 13. The minimum Gasteiger partial charge on any atom is -0.508 e. The molecule has 0 radical (unpaired) electrons. The number of nitrogens with two attached hydrogens (primary N) is 1. The third-order valence-electron chi connectivity index (χ3n) is 5.15. The summed E-state index contributed by atoms with van der Waals surface area (Å²) < 4.78 is 0. The minimum absolute atomic E-state index is 0.00360. The zero-order valence-corrected chi connectivity index (χ0v) is 19.7. The number of H-pyrrole nitrogens is 1. The van der Waals surface area contributed by atoms with Gasteiger partial charge < -0.3 is 36.9 Å². The molecule has 3 amide bonds. The van der Waals surface area contributed by atoms with E-state index < -0.39 is 41.8 Å². The number of carbonyl (C=O) groups excluding carboxylic acids is 3. The minimum atomic E-state index is -1.25. The molecule has 0 aliphatic carbocycles. The number of hydrogen-bond acceptors (Lipinski definition) is 7. The number of phenols is 1. The average Bonchev–Trinajstić information content (AvgIpc) is 3.31. The van der Waals surface area contributed by atoms with Gasteiger partial charge in [0.1, 0.15) is 23.9 Å². The van der Waals surface area contributed by atoms with Crippen molar-refractivity contribution in [3.8, 4) is 5.75 Å². The molecule has 8 N–H and O–H groups in total. The fourth-order valence-corrected chi connectivity index (χ4v) is 3.39. The quantitative estimate of drug-likeness (QED) is 0.194. The Morgan fingerprint density at radius 3 is 2.14 bits per heavy atom. The van der Waals surface area contributed by atoms with Gasteiger partial charge in [-0.3, -0.25) is 14.4 Å². The van der Waals surface area contributed by atoms with E-state index in [1.165, 1.54) is 24.7 Å². The molecule has 190 valence electrons. The fourth-order valence-electron chi connectivity index (χ4n) is 3.39. The van der Waals surface area contributed by atoms with Crippen LogP contribution < -0.4 is 21.7 Å². The van der Waals surface area contributed by atoms with Crippen molar-refractivity contribution in [2.45, 2.75) is 51.2 Å². The van der Waals surface area contributed by atoms with Crippen molar-refractivity contribution in [2.24, 2.45) is 11.7 Å². The highest BCUT2D eigenvalue weighted by atomic mass is 16.4. The van der Waals surface area contributed by atoms with Gasteiger partial charge in [-0.1, -0.05) is 26.0 Å². The van der Waals surface area contributed by atoms with Crippen LogP contribution in [0.15, 0.2) is 36.8 Å². The number of carbonyl (C=O) groups is 4. The van der Waals surface area contributed by atoms with Crippen molar-refractivity contribution < 1.29 is 29.4 Å². The van der Waals surface area contributed by atoms with Crippen LogP contribution in [0.4, 0.5) is 0 Å². The van der Waals surface area contributed by atoms with Gasteiger partial charge >= 0.3 is 5.97 Å². The van der Waals surface area contributed by atoms with Crippen LogP contribution in [-0.4, -0.2) is 68.5 Å². The second kappa shape index (κ2) is 13.1. The molecule has 0 fully saturated rings. The Labute approximate surface area is 202 Å². The molecule has 0 spiro atoms. The smallest absolute Gasteiger partial charge is 0.326 e. The zero-order valence-electron chi connectivity index (χ0n) is 19.7. The van der Waals surface area contributed by atoms with Gasteiger partial charge in [0.25, 0.3) is 0 Å². The molecule has 0 saturated heterocycles. The monoisotopic (exact) mass is 488 g/mol. The van der Waals surface area contributed by atoms with E-state index in [1.807, 2.05) is 13.8 Å². The molecule has 0 saturated carbocycles. The molecule has 0 aliphatic rings. The number of carboxylic acids is 1. The Morgan fingerprint density at radius 1 is 0.971 bits per heavy atom. The Morgan fingerprint density at radius 2 is 1.60 bits per heavy atom. The average molecular weight is 489 g/mol. The largest absolute Gasteiger partial charge is 0.508 e. The Balaban J connectivity index is 2.15. The van der Waals surface area contributed by atoms with Crippen molar-refractivity contribution in [1.82, 2.24) is 25.9 Å². The van der Waals surface area contributed by atoms with Crippen LogP contribution in [0, 0.1) is 5.92 Å². The van der Waals surface area contributed by atoms with E-state index in [2.05, 4.69) is 25.9 Å². The van der Waals surface area contributed by atoms with E-state index in [0.29, 0.717) is 11.3 Å². The van der Waals surface area contributed by atoms with Gasteiger partial charge in [0.2, 0.25) is 17.7 Å². The first-order valence-electron chi connectivity index (χ1n) is 11.2. The third-order valence-corrected chi connectivity index (χ3v) is 5.15. The van der Waals surface area contributed by atoms with E-state index in [9.17, 15) is 29.4 Å². The maximum atomic E-state index is 13.0. The molecular weight excluding hydrogens is 456 g/mol. The second-order valence-corrected chi connectivity index (χ2v) is 8.57. The topological polar surface area (TPSA) is 200 Å². The number of aromatic nitrogens is 2. The van der Waals surface area contributed by atoms with Crippen molar-refractivity contribution >= 4 is 23.7 Å². The molecule has 12 heteroatoms. The molecule has 3 unspecified atom stereocenters. The summed E-state index contributed by atoms with van der Waals surface area (Å²) in [5.41, 5.74) is 6.56. The Kier molecular flexibility index (Phi) is 10.2. The van der Waals surface area contributed by atoms with Crippen LogP contribution in [0.1, 0.15) is 31.5 Å². The highest BCUT2D eigenvalue weighted by molar-refractivity contribution is 5.93. The van der Waals surface area contributed by atoms with E-state index in [-0.39, 0.29) is 37.5 Å². The lowest BCUT2D eigenvalue weighted by Gasteiger charge is -2.25. The molecule has 1 aromatic heterocycles. The molecule has 0 aliphatic heterocycles. The van der Waals surface area contributed by atoms with Gasteiger partial charge in [-0.2, -0.15) is 0 Å². The lowest BCUT2D eigenvalue weighted by atomic mass is 10.0. The number of carboxylic acid groups (broad SMARTS) is 1. The third kappa shape index (κ3) is 9.08. The van der Waals surface area contributed by atoms with E-state index >= 15 is 0 Å². The lowest BCUT2D eigenvalue weighted by Crippen LogP contribution is -2.57. The first-order chi connectivity index (χ1) is 16.6. The van der Waals surface area contributed by atoms with Crippen LogP contribution in [0.2, 0.25) is 0 Å². The summed E-state index contributed by atoms with van der Waals surface area (Å²) in [5.74, 6) is -3.04. The van der Waals surface area contributed by atoms with E-state index in [1.54, 1.807) is 12.1 Å². The summed E-state index contributed by atoms with van der Waals surface area (Å²) in [5, 5.41) is 26.7. The summed E-state index contributed by atoms with van der Waals surface area (Å²) in [4.78, 5) is 56.5. The molecule has 3 atom stereocenters. The first kappa shape index (κ1) is 27.3. The molecule has 12 nitrogen and oxygen atoms in total. The number of nitrogens with one attached hydrogen (secondary N) is 4. The highest BCUT2D eigenvalue weighted by Crippen LogP contribution is 2.12. The number of amides is 3. The summed E-state index contributed by atoms with van der Waals surface area (Å²) in [6, 6.07) is 2.65. The van der Waals surface area contributed by atoms with Crippen molar-refractivity contribution in [3.63, 3.8) is 0 Å². The van der Waals surface area contributed by atoms with E-state index in [4.69, 9.17) is 5.73 Å². The summed E-state index contributed by atoms with van der Waals surface area (Å²) in [6.07, 6.45) is 3.26. The SMILES string of the molecule is CC(C)CC(NC(=O)C(Cc1cnc[nH]1)NC(=O)CN)C(=O)NC(Cc1ccc(O)cc1)C(=O)O. The van der Waals surface area contributed by atoms with Crippen LogP contribution in [-0.2, 0) is 32.0 Å². The molecule has 35 heavy (non-hydrogen) atoms.